The highest BCUT2D eigenvalue weighted by Crippen LogP contribution is 2.11. The van der Waals surface area contributed by atoms with Crippen LogP contribution in [0.15, 0.2) is 24.3 Å². The van der Waals surface area contributed by atoms with Crippen molar-refractivity contribution >= 4 is 0 Å². The van der Waals surface area contributed by atoms with Gasteiger partial charge in [-0.1, -0.05) is 0 Å². The molecule has 1 saturated heterocycles. The van der Waals surface area contributed by atoms with E-state index in [1.54, 1.807) is 12.1 Å². The number of hydrogen-bond acceptors (Lipinski definition) is 4. The van der Waals surface area contributed by atoms with Crippen LogP contribution in [0.5, 0.6) is 5.75 Å². The molecule has 1 fully saturated rings. The van der Waals surface area contributed by atoms with E-state index in [2.05, 4.69) is 4.90 Å². The summed E-state index contributed by atoms with van der Waals surface area (Å²) in [7, 11) is 0. The number of aliphatic hydroxyl groups is 1. The van der Waals surface area contributed by atoms with E-state index in [0.717, 1.165) is 13.1 Å². The highest BCUT2D eigenvalue weighted by molar-refractivity contribution is 5.21. The van der Waals surface area contributed by atoms with Gasteiger partial charge in [0.05, 0.1) is 19.3 Å². The van der Waals surface area contributed by atoms with Gasteiger partial charge in [-0.05, 0) is 24.3 Å². The first-order valence-electron chi connectivity index (χ1n) is 6.10. The Hall–Kier alpha value is -1.17. The Morgan fingerprint density at radius 2 is 2.17 bits per heavy atom. The van der Waals surface area contributed by atoms with E-state index >= 15 is 0 Å². The molecule has 1 atom stereocenters. The standard InChI is InChI=1S/C13H18FNO3/c14-11-1-3-13(4-2-11)18-8-6-15-5-7-17-10-12(16)9-15/h1-4,12,16H,5-10H2. The lowest BCUT2D eigenvalue weighted by atomic mass is 10.3. The Kier molecular flexibility index (Phi) is 4.92. The number of benzene rings is 1. The first kappa shape index (κ1) is 13.3. The summed E-state index contributed by atoms with van der Waals surface area (Å²) >= 11 is 0. The van der Waals surface area contributed by atoms with Gasteiger partial charge in [0.2, 0.25) is 0 Å². The van der Waals surface area contributed by atoms with Crippen molar-refractivity contribution in [3.05, 3.63) is 30.1 Å². The predicted molar refractivity (Wildman–Crippen MR) is 65.2 cm³/mol. The normalized spacial score (nSPS) is 21.6. The van der Waals surface area contributed by atoms with E-state index in [1.807, 2.05) is 0 Å². The van der Waals surface area contributed by atoms with Crippen LogP contribution in [0.25, 0.3) is 0 Å². The van der Waals surface area contributed by atoms with Crippen LogP contribution in [-0.2, 0) is 4.74 Å². The summed E-state index contributed by atoms with van der Waals surface area (Å²) in [6.45, 7) is 3.66. The largest absolute Gasteiger partial charge is 0.492 e. The van der Waals surface area contributed by atoms with Crippen LogP contribution >= 0.6 is 0 Å². The minimum absolute atomic E-state index is 0.268. The molecule has 0 saturated carbocycles. The zero-order chi connectivity index (χ0) is 12.8. The van der Waals surface area contributed by atoms with Crippen molar-refractivity contribution in [2.75, 3.05) is 39.5 Å². The maximum atomic E-state index is 12.7. The molecule has 1 aromatic carbocycles. The lowest BCUT2D eigenvalue weighted by Crippen LogP contribution is -2.35. The molecular weight excluding hydrogens is 237 g/mol. The van der Waals surface area contributed by atoms with Crippen molar-refractivity contribution in [3.63, 3.8) is 0 Å². The fraction of sp³-hybridized carbons (Fsp3) is 0.538. The molecule has 1 aliphatic rings. The van der Waals surface area contributed by atoms with Gasteiger partial charge in [0, 0.05) is 19.6 Å². The average molecular weight is 255 g/mol. The lowest BCUT2D eigenvalue weighted by molar-refractivity contribution is 0.0560. The van der Waals surface area contributed by atoms with Gasteiger partial charge in [0.1, 0.15) is 18.2 Å². The summed E-state index contributed by atoms with van der Waals surface area (Å²) in [5.41, 5.74) is 0. The van der Waals surface area contributed by atoms with Crippen molar-refractivity contribution < 1.29 is 19.0 Å². The average Bonchev–Trinajstić information content (AvgIpc) is 2.56. The van der Waals surface area contributed by atoms with Crippen LogP contribution in [0.1, 0.15) is 0 Å². The zero-order valence-electron chi connectivity index (χ0n) is 10.2. The highest BCUT2D eigenvalue weighted by atomic mass is 19.1. The van der Waals surface area contributed by atoms with Gasteiger partial charge >= 0.3 is 0 Å². The number of β-amino-alcohol motifs (C(OH)–C–C–N with tert-alkyl or cyclic N) is 1. The Morgan fingerprint density at radius 1 is 1.39 bits per heavy atom. The van der Waals surface area contributed by atoms with Gasteiger partial charge in [0.15, 0.2) is 0 Å². The van der Waals surface area contributed by atoms with E-state index in [-0.39, 0.29) is 5.82 Å². The van der Waals surface area contributed by atoms with Gasteiger partial charge in [-0.3, -0.25) is 4.90 Å². The molecule has 2 rings (SSSR count). The van der Waals surface area contributed by atoms with Crippen molar-refractivity contribution in [2.45, 2.75) is 6.10 Å². The summed E-state index contributed by atoms with van der Waals surface area (Å²) in [5, 5.41) is 9.56. The Balaban J connectivity index is 1.72. The van der Waals surface area contributed by atoms with Crippen LogP contribution in [0.2, 0.25) is 0 Å². The van der Waals surface area contributed by atoms with Gasteiger partial charge in [-0.25, -0.2) is 4.39 Å². The van der Waals surface area contributed by atoms with Crippen molar-refractivity contribution in [2.24, 2.45) is 0 Å². The number of hydrogen-bond donors (Lipinski definition) is 1. The van der Waals surface area contributed by atoms with Gasteiger partial charge < -0.3 is 14.6 Å². The third-order valence-electron chi connectivity index (χ3n) is 2.82. The molecule has 100 valence electrons. The molecule has 1 aliphatic heterocycles. The third kappa shape index (κ3) is 4.25. The van der Waals surface area contributed by atoms with Crippen LogP contribution in [0, 0.1) is 5.82 Å². The SMILES string of the molecule is OC1COCCN(CCOc2ccc(F)cc2)C1. The van der Waals surface area contributed by atoms with Gasteiger partial charge in [0.25, 0.3) is 0 Å². The minimum Gasteiger partial charge on any atom is -0.492 e. The van der Waals surface area contributed by atoms with Crippen LogP contribution in [0.4, 0.5) is 4.39 Å². The van der Waals surface area contributed by atoms with E-state index in [1.165, 1.54) is 12.1 Å². The van der Waals surface area contributed by atoms with Crippen molar-refractivity contribution in [3.8, 4) is 5.75 Å². The molecule has 0 aliphatic carbocycles. The molecule has 5 heteroatoms. The molecule has 1 heterocycles. The second kappa shape index (κ2) is 6.68. The molecule has 0 amide bonds. The predicted octanol–water partition coefficient (Wildman–Crippen LogP) is 0.898. The van der Waals surface area contributed by atoms with E-state index < -0.39 is 6.10 Å². The quantitative estimate of drug-likeness (QED) is 0.868. The molecule has 0 aromatic heterocycles. The Morgan fingerprint density at radius 3 is 2.94 bits per heavy atom. The number of aliphatic hydroxyl groups excluding tert-OH is 1. The maximum absolute atomic E-state index is 12.7. The number of halogens is 1. The van der Waals surface area contributed by atoms with Gasteiger partial charge in [-0.15, -0.1) is 0 Å². The first-order valence-corrected chi connectivity index (χ1v) is 6.10. The second-order valence-electron chi connectivity index (χ2n) is 4.33. The molecule has 0 bridgehead atoms. The maximum Gasteiger partial charge on any atom is 0.123 e. The summed E-state index contributed by atoms with van der Waals surface area (Å²) in [6, 6.07) is 5.96. The topological polar surface area (TPSA) is 41.9 Å². The minimum atomic E-state index is -0.432. The molecule has 1 unspecified atom stereocenters. The smallest absolute Gasteiger partial charge is 0.123 e. The van der Waals surface area contributed by atoms with Crippen molar-refractivity contribution in [1.82, 2.24) is 4.90 Å². The fourth-order valence-corrected chi connectivity index (χ4v) is 1.88. The summed E-state index contributed by atoms with van der Waals surface area (Å²) in [4.78, 5) is 2.10. The van der Waals surface area contributed by atoms with Crippen molar-refractivity contribution in [1.29, 1.82) is 0 Å². The van der Waals surface area contributed by atoms with Crippen LogP contribution in [0.3, 0.4) is 0 Å². The molecule has 0 spiro atoms. The number of rotatable bonds is 4. The van der Waals surface area contributed by atoms with Gasteiger partial charge in [-0.2, -0.15) is 0 Å². The highest BCUT2D eigenvalue weighted by Gasteiger charge is 2.15. The number of nitrogens with zero attached hydrogens (tertiary/aromatic N) is 1. The fourth-order valence-electron chi connectivity index (χ4n) is 1.88. The summed E-state index contributed by atoms with van der Waals surface area (Å²) < 4.78 is 23.4. The first-order chi connectivity index (χ1) is 8.74. The molecule has 1 aromatic rings. The molecular formula is C13H18FNO3. The van der Waals surface area contributed by atoms with E-state index in [0.29, 0.717) is 32.1 Å². The summed E-state index contributed by atoms with van der Waals surface area (Å²) in [6.07, 6.45) is -0.432. The van der Waals surface area contributed by atoms with E-state index in [9.17, 15) is 9.50 Å². The molecule has 4 nitrogen and oxygen atoms in total. The van der Waals surface area contributed by atoms with Crippen LogP contribution in [-0.4, -0.2) is 55.6 Å². The number of ether oxygens (including phenoxy) is 2. The Labute approximate surface area is 106 Å². The summed E-state index contributed by atoms with van der Waals surface area (Å²) in [5.74, 6) is 0.387. The van der Waals surface area contributed by atoms with E-state index in [4.69, 9.17) is 9.47 Å². The lowest BCUT2D eigenvalue weighted by Gasteiger charge is -2.20. The molecule has 18 heavy (non-hydrogen) atoms. The van der Waals surface area contributed by atoms with Crippen LogP contribution < -0.4 is 4.74 Å². The Bertz CT molecular complexity index is 358. The molecule has 0 radical (unpaired) electrons. The second-order valence-corrected chi connectivity index (χ2v) is 4.33. The monoisotopic (exact) mass is 255 g/mol. The zero-order valence-corrected chi connectivity index (χ0v) is 10.2. The third-order valence-corrected chi connectivity index (χ3v) is 2.82. The molecule has 1 N–H and O–H groups in total.